The van der Waals surface area contributed by atoms with Gasteiger partial charge in [-0.2, -0.15) is 5.10 Å². The number of aliphatic hydroxyl groups excluding tert-OH is 1. The van der Waals surface area contributed by atoms with Crippen molar-refractivity contribution in [2.24, 2.45) is 0 Å². The molecule has 0 atom stereocenters. The molecule has 0 saturated carbocycles. The molecule has 2 N–H and O–H groups in total. The molecule has 0 aliphatic rings. The molecule has 6 heteroatoms. The van der Waals surface area contributed by atoms with E-state index in [2.05, 4.69) is 45.6 Å². The van der Waals surface area contributed by atoms with Crippen molar-refractivity contribution in [2.75, 3.05) is 30.9 Å². The molecule has 1 aromatic carbocycles. The van der Waals surface area contributed by atoms with Gasteiger partial charge in [-0.25, -0.2) is 4.68 Å². The maximum Gasteiger partial charge on any atom is 0.125 e. The molecule has 3 rings (SSSR count). The van der Waals surface area contributed by atoms with Crippen molar-refractivity contribution in [3.8, 4) is 10.6 Å². The second kappa shape index (κ2) is 7.51. The van der Waals surface area contributed by atoms with E-state index in [1.54, 1.807) is 11.3 Å². The second-order valence-corrected chi connectivity index (χ2v) is 6.70. The van der Waals surface area contributed by atoms with Crippen LogP contribution in [0.4, 0.5) is 11.5 Å². The van der Waals surface area contributed by atoms with E-state index in [1.807, 2.05) is 36.3 Å². The zero-order valence-electron chi connectivity index (χ0n) is 13.9. The van der Waals surface area contributed by atoms with Crippen LogP contribution in [0.15, 0.2) is 47.8 Å². The fourth-order valence-corrected chi connectivity index (χ4v) is 3.15. The maximum absolute atomic E-state index is 9.26. The van der Waals surface area contributed by atoms with Crippen molar-refractivity contribution in [3.63, 3.8) is 0 Å². The van der Waals surface area contributed by atoms with Crippen molar-refractivity contribution in [1.82, 2.24) is 9.78 Å². The van der Waals surface area contributed by atoms with Crippen LogP contribution in [0.2, 0.25) is 0 Å². The fraction of sp³-hybridized carbons (Fsp3) is 0.278. The first-order valence-electron chi connectivity index (χ1n) is 7.90. The minimum Gasteiger partial charge on any atom is -0.394 e. The number of nitrogens with zero attached hydrogens (tertiary/aromatic N) is 3. The Bertz CT molecular complexity index is 763. The molecular formula is C18H22N4OS. The summed E-state index contributed by atoms with van der Waals surface area (Å²) in [5.74, 6) is 0.920. The van der Waals surface area contributed by atoms with Gasteiger partial charge in [-0.05, 0) is 29.1 Å². The summed E-state index contributed by atoms with van der Waals surface area (Å²) >= 11 is 1.66. The van der Waals surface area contributed by atoms with Crippen LogP contribution in [0.3, 0.4) is 0 Å². The lowest BCUT2D eigenvalue weighted by molar-refractivity contribution is 0.270. The third-order valence-electron chi connectivity index (χ3n) is 3.79. The molecule has 0 unspecified atom stereocenters. The maximum atomic E-state index is 9.26. The van der Waals surface area contributed by atoms with Gasteiger partial charge in [-0.1, -0.05) is 18.2 Å². The number of thiophene rings is 1. The van der Waals surface area contributed by atoms with E-state index in [0.29, 0.717) is 13.1 Å². The van der Waals surface area contributed by atoms with Gasteiger partial charge in [0.2, 0.25) is 0 Å². The molecule has 0 aliphatic carbocycles. The molecule has 126 valence electrons. The zero-order valence-corrected chi connectivity index (χ0v) is 14.8. The van der Waals surface area contributed by atoms with Gasteiger partial charge < -0.3 is 15.3 Å². The number of rotatable bonds is 7. The van der Waals surface area contributed by atoms with E-state index in [4.69, 9.17) is 0 Å². The highest BCUT2D eigenvalue weighted by Gasteiger charge is 2.10. The Morgan fingerprint density at radius 1 is 1.21 bits per heavy atom. The van der Waals surface area contributed by atoms with Crippen molar-refractivity contribution >= 4 is 22.8 Å². The molecule has 24 heavy (non-hydrogen) atoms. The Balaban J connectivity index is 1.74. The Morgan fingerprint density at radius 3 is 2.62 bits per heavy atom. The average molecular weight is 342 g/mol. The van der Waals surface area contributed by atoms with Gasteiger partial charge in [0.25, 0.3) is 0 Å². The molecule has 5 nitrogen and oxygen atoms in total. The lowest BCUT2D eigenvalue weighted by atomic mass is 10.2. The van der Waals surface area contributed by atoms with Crippen molar-refractivity contribution in [1.29, 1.82) is 0 Å². The third kappa shape index (κ3) is 3.77. The summed E-state index contributed by atoms with van der Waals surface area (Å²) in [6, 6.07) is 14.6. The molecule has 2 heterocycles. The van der Waals surface area contributed by atoms with Crippen LogP contribution in [-0.4, -0.2) is 35.6 Å². The molecule has 2 aromatic heterocycles. The molecule has 0 saturated heterocycles. The zero-order chi connectivity index (χ0) is 16.9. The highest BCUT2D eigenvalue weighted by atomic mass is 32.1. The summed E-state index contributed by atoms with van der Waals surface area (Å²) in [6.07, 6.45) is 0. The number of anilines is 2. The summed E-state index contributed by atoms with van der Waals surface area (Å²) < 4.78 is 1.82. The first-order chi connectivity index (χ1) is 11.7. The number of hydrogen-bond acceptors (Lipinski definition) is 5. The van der Waals surface area contributed by atoms with Gasteiger partial charge in [-0.3, -0.25) is 0 Å². The van der Waals surface area contributed by atoms with Crippen molar-refractivity contribution in [2.45, 2.75) is 13.1 Å². The summed E-state index contributed by atoms with van der Waals surface area (Å²) in [6.45, 7) is 1.26. The number of benzene rings is 1. The van der Waals surface area contributed by atoms with Gasteiger partial charge in [0, 0.05) is 32.4 Å². The van der Waals surface area contributed by atoms with E-state index in [-0.39, 0.29) is 6.61 Å². The molecule has 3 aromatic rings. The molecule has 0 amide bonds. The number of nitrogens with one attached hydrogen (secondary N) is 1. The first kappa shape index (κ1) is 16.5. The van der Waals surface area contributed by atoms with Gasteiger partial charge in [-0.15, -0.1) is 11.3 Å². The van der Waals surface area contributed by atoms with Crippen LogP contribution in [0.5, 0.6) is 0 Å². The number of aliphatic hydroxyl groups is 1. The molecule has 0 fully saturated rings. The van der Waals surface area contributed by atoms with Crippen LogP contribution in [-0.2, 0) is 13.1 Å². The van der Waals surface area contributed by atoms with E-state index >= 15 is 0 Å². The molecule has 0 spiro atoms. The summed E-state index contributed by atoms with van der Waals surface area (Å²) in [5, 5.41) is 19.3. The Hall–Kier alpha value is -2.31. The predicted molar refractivity (Wildman–Crippen MR) is 101 cm³/mol. The highest BCUT2D eigenvalue weighted by molar-refractivity contribution is 7.13. The van der Waals surface area contributed by atoms with Crippen LogP contribution >= 0.6 is 11.3 Å². The Kier molecular flexibility index (Phi) is 5.17. The second-order valence-electron chi connectivity index (χ2n) is 5.75. The normalized spacial score (nSPS) is 10.8. The Labute approximate surface area is 146 Å². The largest absolute Gasteiger partial charge is 0.394 e. The molecule has 0 bridgehead atoms. The Morgan fingerprint density at radius 2 is 2.00 bits per heavy atom. The monoisotopic (exact) mass is 342 g/mol. The quantitative estimate of drug-likeness (QED) is 0.692. The summed E-state index contributed by atoms with van der Waals surface area (Å²) in [5.41, 5.74) is 3.32. The van der Waals surface area contributed by atoms with Gasteiger partial charge in [0.15, 0.2) is 0 Å². The molecular weight excluding hydrogens is 320 g/mol. The van der Waals surface area contributed by atoms with E-state index in [9.17, 15) is 5.11 Å². The number of hydrogen-bond donors (Lipinski definition) is 2. The minimum absolute atomic E-state index is 0.0672. The van der Waals surface area contributed by atoms with Crippen LogP contribution in [0.1, 0.15) is 5.56 Å². The van der Waals surface area contributed by atoms with E-state index in [1.165, 1.54) is 11.3 Å². The topological polar surface area (TPSA) is 53.3 Å². The van der Waals surface area contributed by atoms with E-state index in [0.717, 1.165) is 16.4 Å². The first-order valence-corrected chi connectivity index (χ1v) is 8.78. The van der Waals surface area contributed by atoms with Crippen molar-refractivity contribution in [3.05, 3.63) is 53.4 Å². The minimum atomic E-state index is 0.0672. The third-order valence-corrected chi connectivity index (χ3v) is 4.68. The van der Waals surface area contributed by atoms with Crippen LogP contribution in [0.25, 0.3) is 10.6 Å². The fourth-order valence-electron chi connectivity index (χ4n) is 2.47. The van der Waals surface area contributed by atoms with E-state index < -0.39 is 0 Å². The van der Waals surface area contributed by atoms with Crippen molar-refractivity contribution < 1.29 is 5.11 Å². The lowest BCUT2D eigenvalue weighted by Crippen LogP contribution is -2.11. The van der Waals surface area contributed by atoms with Gasteiger partial charge >= 0.3 is 0 Å². The van der Waals surface area contributed by atoms with Crippen LogP contribution in [0, 0.1) is 0 Å². The molecule has 0 aliphatic heterocycles. The molecule has 0 radical (unpaired) electrons. The lowest BCUT2D eigenvalue weighted by Gasteiger charge is -2.13. The van der Waals surface area contributed by atoms with Gasteiger partial charge in [0.05, 0.1) is 18.0 Å². The summed E-state index contributed by atoms with van der Waals surface area (Å²) in [7, 11) is 4.07. The highest BCUT2D eigenvalue weighted by Crippen LogP contribution is 2.26. The standard InChI is InChI=1S/C18H22N4OS/c1-21(2)15-7-5-14(6-8-15)13-19-18-12-16(17-4-3-11-24-17)20-22(18)9-10-23/h3-8,11-12,19,23H,9-10,13H2,1-2H3. The smallest absolute Gasteiger partial charge is 0.125 e. The summed E-state index contributed by atoms with van der Waals surface area (Å²) in [4.78, 5) is 3.21. The van der Waals surface area contributed by atoms with Gasteiger partial charge in [0.1, 0.15) is 11.5 Å². The number of aromatic nitrogens is 2. The predicted octanol–water partition coefficient (Wildman–Crippen LogP) is 3.28. The SMILES string of the molecule is CN(C)c1ccc(CNc2cc(-c3cccs3)nn2CCO)cc1. The van der Waals surface area contributed by atoms with Crippen LogP contribution < -0.4 is 10.2 Å². The average Bonchev–Trinajstić information content (AvgIpc) is 3.23.